The van der Waals surface area contributed by atoms with E-state index in [1.54, 1.807) is 6.08 Å². The SMILES string of the molecule is C=CCOCC1(OCC)CCCC1. The molecule has 0 aromatic rings. The molecule has 0 atom stereocenters. The predicted octanol–water partition coefficient (Wildman–Crippen LogP) is 2.54. The second-order valence-corrected chi connectivity index (χ2v) is 3.63. The average molecular weight is 184 g/mol. The summed E-state index contributed by atoms with van der Waals surface area (Å²) in [5, 5.41) is 0. The van der Waals surface area contributed by atoms with Crippen LogP contribution in [0.5, 0.6) is 0 Å². The summed E-state index contributed by atoms with van der Waals surface area (Å²) in [5.41, 5.74) is 0.0256. The maximum Gasteiger partial charge on any atom is 0.0914 e. The van der Waals surface area contributed by atoms with Crippen LogP contribution in [-0.4, -0.2) is 25.4 Å². The molecular weight excluding hydrogens is 164 g/mol. The first-order valence-corrected chi connectivity index (χ1v) is 5.15. The van der Waals surface area contributed by atoms with E-state index in [4.69, 9.17) is 9.47 Å². The van der Waals surface area contributed by atoms with Crippen LogP contribution in [0.2, 0.25) is 0 Å². The fraction of sp³-hybridized carbons (Fsp3) is 0.818. The lowest BCUT2D eigenvalue weighted by Crippen LogP contribution is -2.34. The van der Waals surface area contributed by atoms with Crippen molar-refractivity contribution in [3.8, 4) is 0 Å². The molecule has 13 heavy (non-hydrogen) atoms. The molecule has 0 aliphatic heterocycles. The second-order valence-electron chi connectivity index (χ2n) is 3.63. The highest BCUT2D eigenvalue weighted by Gasteiger charge is 2.34. The van der Waals surface area contributed by atoms with Gasteiger partial charge in [0.1, 0.15) is 0 Å². The van der Waals surface area contributed by atoms with E-state index in [1.165, 1.54) is 12.8 Å². The largest absolute Gasteiger partial charge is 0.374 e. The van der Waals surface area contributed by atoms with Crippen molar-refractivity contribution in [2.24, 2.45) is 0 Å². The first-order valence-electron chi connectivity index (χ1n) is 5.15. The molecule has 0 unspecified atom stereocenters. The Hall–Kier alpha value is -0.340. The van der Waals surface area contributed by atoms with Gasteiger partial charge in [-0.05, 0) is 19.8 Å². The van der Waals surface area contributed by atoms with Gasteiger partial charge in [-0.2, -0.15) is 0 Å². The van der Waals surface area contributed by atoms with Gasteiger partial charge in [0.25, 0.3) is 0 Å². The van der Waals surface area contributed by atoms with E-state index in [2.05, 4.69) is 6.58 Å². The summed E-state index contributed by atoms with van der Waals surface area (Å²) < 4.78 is 11.3. The zero-order chi connectivity index (χ0) is 9.57. The third kappa shape index (κ3) is 3.12. The Morgan fingerprint density at radius 1 is 1.38 bits per heavy atom. The van der Waals surface area contributed by atoms with E-state index in [9.17, 15) is 0 Å². The topological polar surface area (TPSA) is 18.5 Å². The molecule has 1 aliphatic rings. The van der Waals surface area contributed by atoms with Crippen LogP contribution in [0, 0.1) is 0 Å². The Morgan fingerprint density at radius 3 is 2.62 bits per heavy atom. The maximum absolute atomic E-state index is 5.78. The van der Waals surface area contributed by atoms with Gasteiger partial charge < -0.3 is 9.47 Å². The van der Waals surface area contributed by atoms with Crippen molar-refractivity contribution in [1.29, 1.82) is 0 Å². The molecule has 2 heteroatoms. The lowest BCUT2D eigenvalue weighted by Gasteiger charge is -2.28. The highest BCUT2D eigenvalue weighted by molar-refractivity contribution is 4.86. The second kappa shape index (κ2) is 5.40. The lowest BCUT2D eigenvalue weighted by atomic mass is 10.0. The summed E-state index contributed by atoms with van der Waals surface area (Å²) in [6.07, 6.45) is 6.64. The Morgan fingerprint density at radius 2 is 2.08 bits per heavy atom. The maximum atomic E-state index is 5.78. The van der Waals surface area contributed by atoms with E-state index in [-0.39, 0.29) is 5.60 Å². The summed E-state index contributed by atoms with van der Waals surface area (Å²) in [4.78, 5) is 0. The lowest BCUT2D eigenvalue weighted by molar-refractivity contribution is -0.0853. The molecule has 0 saturated heterocycles. The van der Waals surface area contributed by atoms with Crippen molar-refractivity contribution in [2.45, 2.75) is 38.2 Å². The van der Waals surface area contributed by atoms with Gasteiger partial charge in [-0.15, -0.1) is 6.58 Å². The van der Waals surface area contributed by atoms with Gasteiger partial charge in [0.2, 0.25) is 0 Å². The molecule has 0 spiro atoms. The van der Waals surface area contributed by atoms with Crippen LogP contribution in [0.4, 0.5) is 0 Å². The fourth-order valence-corrected chi connectivity index (χ4v) is 1.98. The summed E-state index contributed by atoms with van der Waals surface area (Å²) in [7, 11) is 0. The van der Waals surface area contributed by atoms with Crippen LogP contribution in [0.15, 0.2) is 12.7 Å². The van der Waals surface area contributed by atoms with Crippen molar-refractivity contribution in [2.75, 3.05) is 19.8 Å². The average Bonchev–Trinajstić information content (AvgIpc) is 2.55. The number of rotatable bonds is 6. The van der Waals surface area contributed by atoms with Gasteiger partial charge in [-0.3, -0.25) is 0 Å². The molecule has 0 aromatic heterocycles. The van der Waals surface area contributed by atoms with Crippen molar-refractivity contribution in [1.82, 2.24) is 0 Å². The van der Waals surface area contributed by atoms with Gasteiger partial charge in [0.05, 0.1) is 18.8 Å². The first-order chi connectivity index (χ1) is 6.33. The molecule has 0 aromatic carbocycles. The minimum atomic E-state index is 0.0256. The van der Waals surface area contributed by atoms with E-state index < -0.39 is 0 Å². The van der Waals surface area contributed by atoms with Crippen LogP contribution < -0.4 is 0 Å². The molecule has 0 N–H and O–H groups in total. The number of hydrogen-bond acceptors (Lipinski definition) is 2. The zero-order valence-electron chi connectivity index (χ0n) is 8.55. The van der Waals surface area contributed by atoms with Gasteiger partial charge in [0.15, 0.2) is 0 Å². The number of ether oxygens (including phenoxy) is 2. The summed E-state index contributed by atoms with van der Waals surface area (Å²) in [6.45, 7) is 7.83. The predicted molar refractivity (Wildman–Crippen MR) is 53.8 cm³/mol. The van der Waals surface area contributed by atoms with Crippen LogP contribution in [0.3, 0.4) is 0 Å². The van der Waals surface area contributed by atoms with E-state index in [0.717, 1.165) is 26.1 Å². The van der Waals surface area contributed by atoms with Gasteiger partial charge in [0, 0.05) is 6.61 Å². The monoisotopic (exact) mass is 184 g/mol. The van der Waals surface area contributed by atoms with Gasteiger partial charge >= 0.3 is 0 Å². The van der Waals surface area contributed by atoms with Crippen molar-refractivity contribution in [3.63, 3.8) is 0 Å². The molecule has 1 aliphatic carbocycles. The highest BCUT2D eigenvalue weighted by Crippen LogP contribution is 2.33. The molecule has 1 fully saturated rings. The smallest absolute Gasteiger partial charge is 0.0914 e. The third-order valence-corrected chi connectivity index (χ3v) is 2.57. The molecule has 0 heterocycles. The summed E-state index contributed by atoms with van der Waals surface area (Å²) in [6, 6.07) is 0. The summed E-state index contributed by atoms with van der Waals surface area (Å²) >= 11 is 0. The van der Waals surface area contributed by atoms with Crippen molar-refractivity contribution in [3.05, 3.63) is 12.7 Å². The molecule has 76 valence electrons. The van der Waals surface area contributed by atoms with Crippen LogP contribution in [0.25, 0.3) is 0 Å². The van der Waals surface area contributed by atoms with Crippen LogP contribution >= 0.6 is 0 Å². The molecule has 0 amide bonds. The van der Waals surface area contributed by atoms with E-state index in [0.29, 0.717) is 6.61 Å². The Balaban J connectivity index is 2.32. The number of hydrogen-bond donors (Lipinski definition) is 0. The van der Waals surface area contributed by atoms with E-state index in [1.807, 2.05) is 6.92 Å². The molecule has 0 bridgehead atoms. The van der Waals surface area contributed by atoms with Crippen LogP contribution in [0.1, 0.15) is 32.6 Å². The van der Waals surface area contributed by atoms with Gasteiger partial charge in [-0.1, -0.05) is 18.9 Å². The minimum absolute atomic E-state index is 0.0256. The molecular formula is C11H20O2. The standard InChI is InChI=1S/C11H20O2/c1-3-9-12-10-11(13-4-2)7-5-6-8-11/h3H,1,4-10H2,2H3. The minimum Gasteiger partial charge on any atom is -0.374 e. The quantitative estimate of drug-likeness (QED) is 0.466. The normalized spacial score (nSPS) is 20.4. The highest BCUT2D eigenvalue weighted by atomic mass is 16.5. The Kier molecular flexibility index (Phi) is 4.46. The van der Waals surface area contributed by atoms with Gasteiger partial charge in [-0.25, -0.2) is 0 Å². The third-order valence-electron chi connectivity index (χ3n) is 2.57. The van der Waals surface area contributed by atoms with Crippen molar-refractivity contribution >= 4 is 0 Å². The summed E-state index contributed by atoms with van der Waals surface area (Å²) in [5.74, 6) is 0. The molecule has 1 rings (SSSR count). The first kappa shape index (κ1) is 10.7. The Labute approximate surface area is 80.9 Å². The Bertz CT molecular complexity index is 148. The molecule has 2 nitrogen and oxygen atoms in total. The van der Waals surface area contributed by atoms with Crippen molar-refractivity contribution < 1.29 is 9.47 Å². The van der Waals surface area contributed by atoms with Crippen LogP contribution in [-0.2, 0) is 9.47 Å². The fourth-order valence-electron chi connectivity index (χ4n) is 1.98. The zero-order valence-corrected chi connectivity index (χ0v) is 8.55. The molecule has 1 saturated carbocycles. The van der Waals surface area contributed by atoms with E-state index >= 15 is 0 Å². The molecule has 0 radical (unpaired) electrons.